The lowest BCUT2D eigenvalue weighted by Crippen LogP contribution is -2.37. The molecule has 10 heteroatoms. The average Bonchev–Trinajstić information content (AvgIpc) is 3.03. The molecule has 1 amide bonds. The van der Waals surface area contributed by atoms with Crippen LogP contribution >= 0.6 is 11.6 Å². The van der Waals surface area contributed by atoms with Crippen molar-refractivity contribution in [3.63, 3.8) is 0 Å². The number of imidazole rings is 1. The van der Waals surface area contributed by atoms with Crippen LogP contribution in [0, 0.1) is 5.82 Å². The normalized spacial score (nSPS) is 11.1. The monoisotopic (exact) mass is 379 g/mol. The molecule has 2 aromatic heterocycles. The molecule has 0 radical (unpaired) electrons. The number of nitrogens with zero attached hydrogens (tertiary/aromatic N) is 4. The summed E-state index contributed by atoms with van der Waals surface area (Å²) in [6.07, 6.45) is 1.46. The van der Waals surface area contributed by atoms with Gasteiger partial charge in [0, 0.05) is 32.7 Å². The van der Waals surface area contributed by atoms with Gasteiger partial charge < -0.3 is 9.88 Å². The van der Waals surface area contributed by atoms with Crippen LogP contribution in [0.3, 0.4) is 0 Å². The van der Waals surface area contributed by atoms with Gasteiger partial charge >= 0.3 is 5.69 Å². The third kappa shape index (κ3) is 3.13. The van der Waals surface area contributed by atoms with E-state index in [-0.39, 0.29) is 35.1 Å². The number of hydrogen-bond donors (Lipinski definition) is 1. The Morgan fingerprint density at radius 2 is 2.00 bits per heavy atom. The Labute approximate surface area is 151 Å². The van der Waals surface area contributed by atoms with E-state index in [1.54, 1.807) is 0 Å². The van der Waals surface area contributed by atoms with E-state index in [9.17, 15) is 18.8 Å². The summed E-state index contributed by atoms with van der Waals surface area (Å²) in [6, 6.07) is 3.87. The molecule has 0 aliphatic carbocycles. The van der Waals surface area contributed by atoms with E-state index < -0.39 is 17.1 Å². The zero-order valence-electron chi connectivity index (χ0n) is 14.0. The van der Waals surface area contributed by atoms with Crippen molar-refractivity contribution in [2.45, 2.75) is 13.0 Å². The van der Waals surface area contributed by atoms with Crippen LogP contribution in [-0.2, 0) is 25.4 Å². The van der Waals surface area contributed by atoms with Crippen molar-refractivity contribution in [2.24, 2.45) is 14.1 Å². The van der Waals surface area contributed by atoms with Gasteiger partial charge in [-0.2, -0.15) is 0 Å². The summed E-state index contributed by atoms with van der Waals surface area (Å²) in [4.78, 5) is 40.4. The molecule has 0 saturated heterocycles. The number of rotatable bonds is 4. The van der Waals surface area contributed by atoms with Gasteiger partial charge in [-0.05, 0) is 18.2 Å². The first-order valence-electron chi connectivity index (χ1n) is 7.65. The molecule has 3 aromatic rings. The summed E-state index contributed by atoms with van der Waals surface area (Å²) in [7, 11) is 2.90. The van der Waals surface area contributed by atoms with Crippen LogP contribution < -0.4 is 16.6 Å². The van der Waals surface area contributed by atoms with E-state index in [4.69, 9.17) is 11.6 Å². The average molecular weight is 380 g/mol. The molecule has 0 fully saturated rings. The van der Waals surface area contributed by atoms with Gasteiger partial charge in [-0.25, -0.2) is 14.2 Å². The molecule has 2 heterocycles. The molecular formula is C16H15ClFN5O3. The van der Waals surface area contributed by atoms with Crippen LogP contribution in [0.4, 0.5) is 10.1 Å². The standard InChI is InChI=1S/C16H15ClFN5O3/c1-21-14-13(15(25)22(2)16(21)26)23(8-19-14)6-5-12(24)20-9-3-4-11(18)10(17)7-9/h3-4,7-8H,5-6H2,1-2H3,(H,20,24). The van der Waals surface area contributed by atoms with Crippen molar-refractivity contribution >= 4 is 34.4 Å². The molecule has 0 spiro atoms. The molecule has 0 bridgehead atoms. The number of halogens is 2. The van der Waals surface area contributed by atoms with E-state index in [0.717, 1.165) is 10.6 Å². The van der Waals surface area contributed by atoms with E-state index >= 15 is 0 Å². The second kappa shape index (κ2) is 6.75. The van der Waals surface area contributed by atoms with Crippen molar-refractivity contribution < 1.29 is 9.18 Å². The Hall–Kier alpha value is -2.94. The number of nitrogens with one attached hydrogen (secondary N) is 1. The predicted molar refractivity (Wildman–Crippen MR) is 94.9 cm³/mol. The van der Waals surface area contributed by atoms with Gasteiger partial charge in [0.15, 0.2) is 11.2 Å². The molecule has 0 atom stereocenters. The highest BCUT2D eigenvalue weighted by Crippen LogP contribution is 2.19. The van der Waals surface area contributed by atoms with E-state index in [1.807, 2.05) is 0 Å². The minimum Gasteiger partial charge on any atom is -0.326 e. The number of amides is 1. The smallest absolute Gasteiger partial charge is 0.326 e. The summed E-state index contributed by atoms with van der Waals surface area (Å²) in [5.41, 5.74) is -0.0868. The molecule has 0 saturated carbocycles. The maximum absolute atomic E-state index is 13.1. The van der Waals surface area contributed by atoms with Gasteiger partial charge in [0.25, 0.3) is 5.56 Å². The molecule has 8 nitrogen and oxygen atoms in total. The zero-order valence-corrected chi connectivity index (χ0v) is 14.7. The zero-order chi connectivity index (χ0) is 19.0. The van der Waals surface area contributed by atoms with Crippen LogP contribution in [-0.4, -0.2) is 24.6 Å². The van der Waals surface area contributed by atoms with Crippen molar-refractivity contribution in [3.05, 3.63) is 56.2 Å². The van der Waals surface area contributed by atoms with Crippen molar-refractivity contribution in [2.75, 3.05) is 5.32 Å². The van der Waals surface area contributed by atoms with Gasteiger partial charge in [0.2, 0.25) is 5.91 Å². The second-order valence-electron chi connectivity index (χ2n) is 5.74. The minimum absolute atomic E-state index is 0.0481. The largest absolute Gasteiger partial charge is 0.332 e. The Morgan fingerprint density at radius 3 is 2.69 bits per heavy atom. The number of carbonyl (C=O) groups is 1. The summed E-state index contributed by atoms with van der Waals surface area (Å²) in [5, 5.41) is 2.51. The molecule has 0 unspecified atom stereocenters. The fourth-order valence-electron chi connectivity index (χ4n) is 2.59. The first-order valence-corrected chi connectivity index (χ1v) is 8.03. The quantitative estimate of drug-likeness (QED) is 0.738. The van der Waals surface area contributed by atoms with Crippen molar-refractivity contribution in [1.82, 2.24) is 18.7 Å². The number of anilines is 1. The molecule has 0 aliphatic heterocycles. The van der Waals surface area contributed by atoms with E-state index in [1.165, 1.54) is 41.7 Å². The van der Waals surface area contributed by atoms with Crippen molar-refractivity contribution in [3.8, 4) is 0 Å². The fraction of sp³-hybridized carbons (Fsp3) is 0.250. The Morgan fingerprint density at radius 1 is 1.27 bits per heavy atom. The third-order valence-electron chi connectivity index (χ3n) is 4.00. The number of aromatic nitrogens is 4. The van der Waals surface area contributed by atoms with Crippen LogP contribution in [0.15, 0.2) is 34.1 Å². The predicted octanol–water partition coefficient (Wildman–Crippen LogP) is 1.25. The number of fused-ring (bicyclic) bond motifs is 1. The van der Waals surface area contributed by atoms with Gasteiger partial charge in [0.1, 0.15) is 5.82 Å². The molecule has 0 aliphatic rings. The Kier molecular flexibility index (Phi) is 4.64. The fourth-order valence-corrected chi connectivity index (χ4v) is 2.77. The molecule has 3 rings (SSSR count). The van der Waals surface area contributed by atoms with Crippen LogP contribution in [0.2, 0.25) is 5.02 Å². The highest BCUT2D eigenvalue weighted by molar-refractivity contribution is 6.31. The van der Waals surface area contributed by atoms with Crippen LogP contribution in [0.25, 0.3) is 11.2 Å². The first kappa shape index (κ1) is 17.9. The maximum Gasteiger partial charge on any atom is 0.332 e. The lowest BCUT2D eigenvalue weighted by Gasteiger charge is -2.08. The van der Waals surface area contributed by atoms with Gasteiger partial charge in [0.05, 0.1) is 11.3 Å². The number of hydrogen-bond acceptors (Lipinski definition) is 4. The number of aryl methyl sites for hydroxylation is 2. The van der Waals surface area contributed by atoms with Gasteiger partial charge in [-0.3, -0.25) is 18.7 Å². The maximum atomic E-state index is 13.1. The first-order chi connectivity index (χ1) is 12.3. The molecular weight excluding hydrogens is 365 g/mol. The van der Waals surface area contributed by atoms with Gasteiger partial charge in [-0.15, -0.1) is 0 Å². The molecule has 26 heavy (non-hydrogen) atoms. The summed E-state index contributed by atoms with van der Waals surface area (Å²) < 4.78 is 16.9. The Balaban J connectivity index is 1.80. The number of benzene rings is 1. The van der Waals surface area contributed by atoms with Crippen LogP contribution in [0.5, 0.6) is 0 Å². The molecule has 1 N–H and O–H groups in total. The van der Waals surface area contributed by atoms with Gasteiger partial charge in [-0.1, -0.05) is 11.6 Å². The minimum atomic E-state index is -0.573. The summed E-state index contributed by atoms with van der Waals surface area (Å²) in [6.45, 7) is 0.185. The Bertz CT molecular complexity index is 1130. The molecule has 1 aromatic carbocycles. The van der Waals surface area contributed by atoms with E-state index in [2.05, 4.69) is 10.3 Å². The number of carbonyl (C=O) groups excluding carboxylic acids is 1. The third-order valence-corrected chi connectivity index (χ3v) is 4.29. The SMILES string of the molecule is Cn1c(=O)c2c(ncn2CCC(=O)Nc2ccc(F)c(Cl)c2)n(C)c1=O. The highest BCUT2D eigenvalue weighted by Gasteiger charge is 2.15. The lowest BCUT2D eigenvalue weighted by molar-refractivity contribution is -0.116. The summed E-state index contributed by atoms with van der Waals surface area (Å²) in [5.74, 6) is -0.910. The highest BCUT2D eigenvalue weighted by atomic mass is 35.5. The van der Waals surface area contributed by atoms with E-state index in [0.29, 0.717) is 5.69 Å². The summed E-state index contributed by atoms with van der Waals surface area (Å²) >= 11 is 5.68. The van der Waals surface area contributed by atoms with Crippen LogP contribution in [0.1, 0.15) is 6.42 Å². The lowest BCUT2D eigenvalue weighted by atomic mass is 10.3. The molecule has 136 valence electrons. The second-order valence-corrected chi connectivity index (χ2v) is 6.15. The topological polar surface area (TPSA) is 90.9 Å². The van der Waals surface area contributed by atoms with Crippen molar-refractivity contribution in [1.29, 1.82) is 0 Å².